The monoisotopic (exact) mass is 337 g/mol. The summed E-state index contributed by atoms with van der Waals surface area (Å²) in [7, 11) is -4.06. The van der Waals surface area contributed by atoms with E-state index in [0.717, 1.165) is 18.2 Å². The number of halogens is 2. The number of carbonyl (C=O) groups excluding carboxylic acids is 1. The van der Waals surface area contributed by atoms with Gasteiger partial charge in [0.2, 0.25) is 10.0 Å². The molecule has 0 saturated carbocycles. The third-order valence-electron chi connectivity index (χ3n) is 2.28. The van der Waals surface area contributed by atoms with Crippen molar-refractivity contribution in [3.63, 3.8) is 0 Å². The molecule has 0 aliphatic heterocycles. The normalized spacial score (nSPS) is 13.8. The van der Waals surface area contributed by atoms with Gasteiger partial charge in [-0.15, -0.1) is 0 Å². The molecule has 0 bridgehead atoms. The highest BCUT2D eigenvalue weighted by atomic mass is 35.5. The largest absolute Gasteiger partial charge is 0.459 e. The lowest BCUT2D eigenvalue weighted by atomic mass is 10.2. The van der Waals surface area contributed by atoms with Crippen molar-refractivity contribution in [3.05, 3.63) is 29.0 Å². The predicted molar refractivity (Wildman–Crippen MR) is 77.0 cm³/mol. The molecule has 5 nitrogen and oxygen atoms in total. The molecular formula is C13H17ClFNO4S. The molecule has 1 aromatic carbocycles. The van der Waals surface area contributed by atoms with Crippen LogP contribution in [-0.2, 0) is 19.6 Å². The average Bonchev–Trinajstić information content (AvgIpc) is 2.24. The van der Waals surface area contributed by atoms with Crippen LogP contribution in [-0.4, -0.2) is 26.0 Å². The number of sulfonamides is 1. The second-order valence-corrected chi connectivity index (χ2v) is 7.54. The van der Waals surface area contributed by atoms with Gasteiger partial charge in [0, 0.05) is 0 Å². The van der Waals surface area contributed by atoms with Crippen LogP contribution in [0.4, 0.5) is 4.39 Å². The van der Waals surface area contributed by atoms with Crippen LogP contribution in [0, 0.1) is 5.82 Å². The van der Waals surface area contributed by atoms with Gasteiger partial charge in [-0.05, 0) is 45.9 Å². The van der Waals surface area contributed by atoms with Crippen LogP contribution in [0.3, 0.4) is 0 Å². The Morgan fingerprint density at radius 1 is 1.38 bits per heavy atom. The first-order valence-electron chi connectivity index (χ1n) is 6.12. The van der Waals surface area contributed by atoms with Gasteiger partial charge in [-0.25, -0.2) is 12.8 Å². The number of esters is 1. The first-order valence-corrected chi connectivity index (χ1v) is 7.99. The highest BCUT2D eigenvalue weighted by Gasteiger charge is 2.27. The molecule has 21 heavy (non-hydrogen) atoms. The van der Waals surface area contributed by atoms with Crippen molar-refractivity contribution in [1.29, 1.82) is 0 Å². The quantitative estimate of drug-likeness (QED) is 0.857. The number of nitrogens with one attached hydrogen (secondary N) is 1. The van der Waals surface area contributed by atoms with E-state index in [1.807, 2.05) is 0 Å². The van der Waals surface area contributed by atoms with Crippen molar-refractivity contribution >= 4 is 27.6 Å². The summed E-state index contributed by atoms with van der Waals surface area (Å²) in [4.78, 5) is 11.5. The van der Waals surface area contributed by atoms with E-state index in [2.05, 4.69) is 4.72 Å². The lowest BCUT2D eigenvalue weighted by Crippen LogP contribution is -2.42. The molecule has 118 valence electrons. The highest BCUT2D eigenvalue weighted by molar-refractivity contribution is 7.89. The fourth-order valence-corrected chi connectivity index (χ4v) is 3.15. The molecule has 0 radical (unpaired) electrons. The first-order chi connectivity index (χ1) is 9.42. The zero-order valence-corrected chi connectivity index (χ0v) is 13.7. The standard InChI is InChI=1S/C13H17ClFNO4S/c1-8(12(17)20-13(2,3)4)16-21(18,19)11-6-5-9(15)7-10(11)14/h5-8,16H,1-4H3/t8-/m0/s1. The van der Waals surface area contributed by atoms with Gasteiger partial charge in [-0.3, -0.25) is 4.79 Å². The van der Waals surface area contributed by atoms with Gasteiger partial charge in [-0.2, -0.15) is 4.72 Å². The van der Waals surface area contributed by atoms with Crippen molar-refractivity contribution < 1.29 is 22.3 Å². The molecule has 1 rings (SSSR count). The number of hydrogen-bond acceptors (Lipinski definition) is 4. The molecule has 0 aliphatic rings. The van der Waals surface area contributed by atoms with E-state index in [1.54, 1.807) is 20.8 Å². The summed E-state index contributed by atoms with van der Waals surface area (Å²) in [6.07, 6.45) is 0. The van der Waals surface area contributed by atoms with Crippen LogP contribution in [0.25, 0.3) is 0 Å². The molecule has 1 N–H and O–H groups in total. The van der Waals surface area contributed by atoms with Gasteiger partial charge in [0.15, 0.2) is 0 Å². The minimum Gasteiger partial charge on any atom is -0.459 e. The van der Waals surface area contributed by atoms with Crippen molar-refractivity contribution in [2.45, 2.75) is 44.2 Å². The fourth-order valence-electron chi connectivity index (χ4n) is 1.43. The summed E-state index contributed by atoms with van der Waals surface area (Å²) in [5, 5.41) is -0.265. The van der Waals surface area contributed by atoms with Crippen LogP contribution in [0.2, 0.25) is 5.02 Å². The maximum atomic E-state index is 12.9. The third kappa shape index (κ3) is 5.26. The molecule has 0 aliphatic carbocycles. The minimum absolute atomic E-state index is 0.265. The summed E-state index contributed by atoms with van der Waals surface area (Å²) < 4.78 is 44.4. The molecule has 0 unspecified atom stereocenters. The number of benzene rings is 1. The summed E-state index contributed by atoms with van der Waals surface area (Å²) >= 11 is 5.71. The van der Waals surface area contributed by atoms with E-state index < -0.39 is 33.5 Å². The lowest BCUT2D eigenvalue weighted by Gasteiger charge is -2.22. The van der Waals surface area contributed by atoms with E-state index in [-0.39, 0.29) is 9.92 Å². The second kappa shape index (κ2) is 6.29. The fraction of sp³-hybridized carbons (Fsp3) is 0.462. The van der Waals surface area contributed by atoms with Crippen molar-refractivity contribution in [2.24, 2.45) is 0 Å². The smallest absolute Gasteiger partial charge is 0.324 e. The van der Waals surface area contributed by atoms with Gasteiger partial charge in [0.25, 0.3) is 0 Å². The molecule has 0 saturated heterocycles. The SMILES string of the molecule is C[C@H](NS(=O)(=O)c1ccc(F)cc1Cl)C(=O)OC(C)(C)C. The van der Waals surface area contributed by atoms with Crippen LogP contribution in [0.1, 0.15) is 27.7 Å². The van der Waals surface area contributed by atoms with Gasteiger partial charge in [0.1, 0.15) is 22.4 Å². The Kier molecular flexibility index (Phi) is 5.35. The number of rotatable bonds is 4. The van der Waals surface area contributed by atoms with Crippen molar-refractivity contribution in [1.82, 2.24) is 4.72 Å². The molecule has 8 heteroatoms. The van der Waals surface area contributed by atoms with E-state index in [0.29, 0.717) is 0 Å². The summed E-state index contributed by atoms with van der Waals surface area (Å²) in [5.41, 5.74) is -0.732. The maximum Gasteiger partial charge on any atom is 0.324 e. The molecule has 1 atom stereocenters. The molecule has 0 fully saturated rings. The number of carbonyl (C=O) groups is 1. The molecule has 1 aromatic rings. The van der Waals surface area contributed by atoms with E-state index in [1.165, 1.54) is 6.92 Å². The summed E-state index contributed by atoms with van der Waals surface area (Å²) in [5.74, 6) is -1.37. The van der Waals surface area contributed by atoms with Gasteiger partial charge < -0.3 is 4.74 Å². The van der Waals surface area contributed by atoms with Crippen molar-refractivity contribution in [3.8, 4) is 0 Å². The zero-order chi connectivity index (χ0) is 16.4. The first kappa shape index (κ1) is 17.9. The molecule has 0 aromatic heterocycles. The Morgan fingerprint density at radius 2 is 1.95 bits per heavy atom. The Hall–Kier alpha value is -1.18. The van der Waals surface area contributed by atoms with Gasteiger partial charge in [0.05, 0.1) is 5.02 Å². The molecule has 0 amide bonds. The maximum absolute atomic E-state index is 12.9. The highest BCUT2D eigenvalue weighted by Crippen LogP contribution is 2.22. The average molecular weight is 338 g/mol. The van der Waals surface area contributed by atoms with Crippen LogP contribution < -0.4 is 4.72 Å². The molecule has 0 heterocycles. The second-order valence-electron chi connectivity index (χ2n) is 5.45. The Balaban J connectivity index is 2.92. The lowest BCUT2D eigenvalue weighted by molar-refractivity contribution is -0.156. The number of ether oxygens (including phenoxy) is 1. The summed E-state index contributed by atoms with van der Waals surface area (Å²) in [6.45, 7) is 6.36. The third-order valence-corrected chi connectivity index (χ3v) is 4.30. The Bertz CT molecular complexity index is 640. The van der Waals surface area contributed by atoms with E-state index >= 15 is 0 Å². The Morgan fingerprint density at radius 3 is 2.43 bits per heavy atom. The minimum atomic E-state index is -4.06. The topological polar surface area (TPSA) is 72.5 Å². The molecule has 0 spiro atoms. The van der Waals surface area contributed by atoms with Gasteiger partial charge >= 0.3 is 5.97 Å². The number of hydrogen-bond donors (Lipinski definition) is 1. The van der Waals surface area contributed by atoms with E-state index in [4.69, 9.17) is 16.3 Å². The van der Waals surface area contributed by atoms with Crippen LogP contribution in [0.5, 0.6) is 0 Å². The van der Waals surface area contributed by atoms with Crippen molar-refractivity contribution in [2.75, 3.05) is 0 Å². The van der Waals surface area contributed by atoms with E-state index in [9.17, 15) is 17.6 Å². The summed E-state index contributed by atoms with van der Waals surface area (Å²) in [6, 6.07) is 1.78. The van der Waals surface area contributed by atoms with Gasteiger partial charge in [-0.1, -0.05) is 11.6 Å². The Labute approximate surface area is 128 Å². The van der Waals surface area contributed by atoms with Crippen LogP contribution in [0.15, 0.2) is 23.1 Å². The predicted octanol–water partition coefficient (Wildman–Crippen LogP) is 2.49. The van der Waals surface area contributed by atoms with Crippen LogP contribution >= 0.6 is 11.6 Å². The zero-order valence-electron chi connectivity index (χ0n) is 12.1. The molecular weight excluding hydrogens is 321 g/mol.